The molecule has 0 spiro atoms. The van der Waals surface area contributed by atoms with Gasteiger partial charge in [0.15, 0.2) is 0 Å². The Kier molecular flexibility index (Phi) is 4.29. The van der Waals surface area contributed by atoms with Crippen LogP contribution in [0.4, 0.5) is 0 Å². The van der Waals surface area contributed by atoms with Crippen LogP contribution in [0.25, 0.3) is 0 Å². The van der Waals surface area contributed by atoms with Crippen molar-refractivity contribution in [3.63, 3.8) is 0 Å². The zero-order valence-electron chi connectivity index (χ0n) is 7.49. The zero-order valence-corrected chi connectivity index (χ0v) is 7.49. The first kappa shape index (κ1) is 9.71. The molecule has 2 heterocycles. The van der Waals surface area contributed by atoms with E-state index in [1.807, 2.05) is 6.92 Å². The van der Waals surface area contributed by atoms with Gasteiger partial charge in [-0.25, -0.2) is 0 Å². The van der Waals surface area contributed by atoms with Gasteiger partial charge in [0.2, 0.25) is 0 Å². The van der Waals surface area contributed by atoms with E-state index in [2.05, 4.69) is 6.58 Å². The molecule has 2 unspecified atom stereocenters. The number of hydrogen-bond donors (Lipinski definition) is 0. The minimum atomic E-state index is 0.392. The highest BCUT2D eigenvalue weighted by Crippen LogP contribution is 2.12. The topological polar surface area (TPSA) is 34.3 Å². The van der Waals surface area contributed by atoms with Crippen molar-refractivity contribution in [3.05, 3.63) is 12.7 Å². The Morgan fingerprint density at radius 3 is 1.92 bits per heavy atom. The molecule has 0 amide bonds. The lowest BCUT2D eigenvalue weighted by Crippen LogP contribution is -2.06. The highest BCUT2D eigenvalue weighted by molar-refractivity contribution is 4.71. The Hall–Kier alpha value is -0.380. The van der Waals surface area contributed by atoms with Crippen molar-refractivity contribution in [3.8, 4) is 0 Å². The fraction of sp³-hybridized carbons (Fsp3) is 0.778. The molecular formula is C9H16O3. The Balaban J connectivity index is 0.000000213. The monoisotopic (exact) mass is 172 g/mol. The van der Waals surface area contributed by atoms with Gasteiger partial charge in [-0.15, -0.1) is 6.58 Å². The van der Waals surface area contributed by atoms with Crippen LogP contribution < -0.4 is 0 Å². The molecule has 12 heavy (non-hydrogen) atoms. The van der Waals surface area contributed by atoms with Gasteiger partial charge in [-0.05, 0) is 6.92 Å². The van der Waals surface area contributed by atoms with Crippen molar-refractivity contribution in [1.29, 1.82) is 0 Å². The predicted molar refractivity (Wildman–Crippen MR) is 46.2 cm³/mol. The van der Waals surface area contributed by atoms with Crippen molar-refractivity contribution in [2.75, 3.05) is 26.4 Å². The lowest BCUT2D eigenvalue weighted by molar-refractivity contribution is 0.102. The van der Waals surface area contributed by atoms with Crippen molar-refractivity contribution in [2.45, 2.75) is 19.1 Å². The smallest absolute Gasteiger partial charge is 0.104 e. The van der Waals surface area contributed by atoms with Gasteiger partial charge in [0.25, 0.3) is 0 Å². The predicted octanol–water partition coefficient (Wildman–Crippen LogP) is 0.993. The molecule has 0 N–H and O–H groups in total. The van der Waals surface area contributed by atoms with E-state index in [4.69, 9.17) is 14.2 Å². The normalized spacial score (nSPS) is 30.1. The van der Waals surface area contributed by atoms with E-state index in [-0.39, 0.29) is 0 Å². The van der Waals surface area contributed by atoms with E-state index in [0.29, 0.717) is 12.2 Å². The summed E-state index contributed by atoms with van der Waals surface area (Å²) in [6.07, 6.45) is 2.53. The first-order chi connectivity index (χ1) is 5.86. The van der Waals surface area contributed by atoms with E-state index >= 15 is 0 Å². The number of epoxide rings is 2. The second kappa shape index (κ2) is 5.30. The van der Waals surface area contributed by atoms with E-state index in [1.165, 1.54) is 0 Å². The maximum absolute atomic E-state index is 5.23. The third kappa shape index (κ3) is 5.29. The van der Waals surface area contributed by atoms with Crippen LogP contribution in [0, 0.1) is 0 Å². The van der Waals surface area contributed by atoms with E-state index in [1.54, 1.807) is 6.08 Å². The summed E-state index contributed by atoms with van der Waals surface area (Å²) in [6, 6.07) is 0. The molecule has 0 saturated carbocycles. The first-order valence-corrected chi connectivity index (χ1v) is 4.24. The molecule has 3 heteroatoms. The molecule has 2 aliphatic heterocycles. The third-order valence-corrected chi connectivity index (χ3v) is 1.41. The van der Waals surface area contributed by atoms with Gasteiger partial charge in [0, 0.05) is 0 Å². The van der Waals surface area contributed by atoms with Crippen molar-refractivity contribution in [1.82, 2.24) is 0 Å². The van der Waals surface area contributed by atoms with E-state index < -0.39 is 0 Å². The summed E-state index contributed by atoms with van der Waals surface area (Å²) >= 11 is 0. The Morgan fingerprint density at radius 1 is 1.33 bits per heavy atom. The van der Waals surface area contributed by atoms with Gasteiger partial charge in [-0.2, -0.15) is 0 Å². The molecule has 0 aromatic carbocycles. The van der Waals surface area contributed by atoms with Gasteiger partial charge in [0.1, 0.15) is 12.2 Å². The molecule has 70 valence electrons. The molecule has 2 fully saturated rings. The Bertz CT molecular complexity index is 116. The van der Waals surface area contributed by atoms with Gasteiger partial charge in [0.05, 0.1) is 26.4 Å². The van der Waals surface area contributed by atoms with Crippen LogP contribution in [0.3, 0.4) is 0 Å². The quantitative estimate of drug-likeness (QED) is 0.468. The average molecular weight is 172 g/mol. The second-order valence-electron chi connectivity index (χ2n) is 2.86. The van der Waals surface area contributed by atoms with Gasteiger partial charge >= 0.3 is 0 Å². The fourth-order valence-electron chi connectivity index (χ4n) is 0.659. The summed E-state index contributed by atoms with van der Waals surface area (Å²) in [6.45, 7) is 8.51. The lowest BCUT2D eigenvalue weighted by atomic mass is 10.5. The highest BCUT2D eigenvalue weighted by Gasteiger charge is 2.26. The summed E-state index contributed by atoms with van der Waals surface area (Å²) in [4.78, 5) is 0. The van der Waals surface area contributed by atoms with Crippen LogP contribution in [0.15, 0.2) is 12.7 Å². The Labute approximate surface area is 73.3 Å². The zero-order chi connectivity index (χ0) is 8.81. The van der Waals surface area contributed by atoms with Gasteiger partial charge < -0.3 is 14.2 Å². The van der Waals surface area contributed by atoms with E-state index in [0.717, 1.165) is 26.4 Å². The minimum Gasteiger partial charge on any atom is -0.376 e. The number of rotatable bonds is 4. The molecular weight excluding hydrogens is 156 g/mol. The number of hydrogen-bond acceptors (Lipinski definition) is 3. The summed E-state index contributed by atoms with van der Waals surface area (Å²) in [7, 11) is 0. The highest BCUT2D eigenvalue weighted by atomic mass is 16.6. The van der Waals surface area contributed by atoms with Crippen LogP contribution >= 0.6 is 0 Å². The summed E-state index contributed by atoms with van der Waals surface area (Å²) in [5.41, 5.74) is 0. The third-order valence-electron chi connectivity index (χ3n) is 1.41. The molecule has 2 atom stereocenters. The second-order valence-corrected chi connectivity index (χ2v) is 2.86. The van der Waals surface area contributed by atoms with Crippen LogP contribution in [-0.2, 0) is 14.2 Å². The van der Waals surface area contributed by atoms with Gasteiger partial charge in [-0.3, -0.25) is 0 Å². The average Bonchev–Trinajstić information content (AvgIpc) is 2.82. The lowest BCUT2D eigenvalue weighted by Gasteiger charge is -1.95. The summed E-state index contributed by atoms with van der Waals surface area (Å²) in [5.74, 6) is 0. The van der Waals surface area contributed by atoms with E-state index in [9.17, 15) is 0 Å². The largest absolute Gasteiger partial charge is 0.376 e. The summed E-state index contributed by atoms with van der Waals surface area (Å²) < 4.78 is 15.1. The minimum absolute atomic E-state index is 0.392. The van der Waals surface area contributed by atoms with Crippen molar-refractivity contribution >= 4 is 0 Å². The van der Waals surface area contributed by atoms with Gasteiger partial charge in [-0.1, -0.05) is 6.08 Å². The van der Waals surface area contributed by atoms with Crippen LogP contribution in [-0.4, -0.2) is 38.6 Å². The van der Waals surface area contributed by atoms with Crippen LogP contribution in [0.5, 0.6) is 0 Å². The SMILES string of the molecule is C(OCC1CO1)C1CO1.C=CC. The maximum atomic E-state index is 5.23. The van der Waals surface area contributed by atoms with Crippen molar-refractivity contribution in [2.24, 2.45) is 0 Å². The molecule has 2 rings (SSSR count). The van der Waals surface area contributed by atoms with Crippen LogP contribution in [0.1, 0.15) is 6.92 Å². The fourth-order valence-corrected chi connectivity index (χ4v) is 0.659. The molecule has 0 bridgehead atoms. The molecule has 2 saturated heterocycles. The molecule has 0 aromatic heterocycles. The Morgan fingerprint density at radius 2 is 1.67 bits per heavy atom. The molecule has 0 radical (unpaired) electrons. The first-order valence-electron chi connectivity index (χ1n) is 4.24. The molecule has 0 aliphatic carbocycles. The molecule has 3 nitrogen and oxygen atoms in total. The molecule has 2 aliphatic rings. The number of ether oxygens (including phenoxy) is 3. The number of allylic oxidation sites excluding steroid dienone is 1. The van der Waals surface area contributed by atoms with Crippen LogP contribution in [0.2, 0.25) is 0 Å². The molecule has 0 aromatic rings. The standard InChI is InChI=1S/C6H10O3.C3H6/c1(5-3-8-5)7-2-6-4-9-6;1-3-2/h5-6H,1-4H2;3H,1H2,2H3. The van der Waals surface area contributed by atoms with Crippen molar-refractivity contribution < 1.29 is 14.2 Å². The maximum Gasteiger partial charge on any atom is 0.104 e. The summed E-state index contributed by atoms with van der Waals surface area (Å²) in [5, 5.41) is 0.